The normalized spacial score (nSPS) is 12.5. The average molecular weight is 626 g/mol. The number of hydrogen-bond acceptors (Lipinski definition) is 5. The summed E-state index contributed by atoms with van der Waals surface area (Å²) < 4.78 is 50.4. The van der Waals surface area contributed by atoms with Gasteiger partial charge in [-0.3, -0.25) is 4.79 Å². The number of anilines is 1. The molecular weight excluding hydrogens is 596 g/mol. The Kier molecular flexibility index (Phi) is 8.75. The number of fused-ring (bicyclic) bond motifs is 1. The highest BCUT2D eigenvalue weighted by Gasteiger charge is 2.37. The highest BCUT2D eigenvalue weighted by molar-refractivity contribution is 6.74. The lowest BCUT2D eigenvalue weighted by Crippen LogP contribution is -2.43. The summed E-state index contributed by atoms with van der Waals surface area (Å²) in [6.07, 6.45) is -1.89. The summed E-state index contributed by atoms with van der Waals surface area (Å²) in [5.74, 6) is -0.818. The van der Waals surface area contributed by atoms with Gasteiger partial charge >= 0.3 is 6.36 Å². The number of nitrogens with zero attached hydrogens (tertiary/aromatic N) is 4. The number of alkyl halides is 3. The third-order valence-electron chi connectivity index (χ3n) is 7.11. The van der Waals surface area contributed by atoms with Crippen molar-refractivity contribution < 1.29 is 27.1 Å². The van der Waals surface area contributed by atoms with Gasteiger partial charge < -0.3 is 18.6 Å². The lowest BCUT2D eigenvalue weighted by Gasteiger charge is -2.37. The number of aromatic nitrogens is 3. The molecule has 4 rings (SSSR count). The van der Waals surface area contributed by atoms with Gasteiger partial charge in [-0.1, -0.05) is 50.0 Å². The Morgan fingerprint density at radius 1 is 1.02 bits per heavy atom. The highest BCUT2D eigenvalue weighted by Crippen LogP contribution is 2.37. The van der Waals surface area contributed by atoms with Crippen molar-refractivity contribution in [1.29, 1.82) is 0 Å². The predicted octanol–water partition coefficient (Wildman–Crippen LogP) is 8.29. The average Bonchev–Trinajstić information content (AvgIpc) is 3.28. The molecule has 0 aliphatic carbocycles. The molecule has 0 atom stereocenters. The molecule has 1 amide bonds. The number of halogens is 5. The Morgan fingerprint density at radius 2 is 1.71 bits per heavy atom. The van der Waals surface area contributed by atoms with E-state index in [1.54, 1.807) is 41.1 Å². The molecule has 0 bridgehead atoms. The number of benzene rings is 2. The topological polar surface area (TPSA) is 69.5 Å². The number of ether oxygens (including phenoxy) is 1. The van der Waals surface area contributed by atoms with E-state index < -0.39 is 20.6 Å². The molecule has 0 unspecified atom stereocenters. The third-order valence-corrected chi connectivity index (χ3v) is 12.2. The molecular formula is C28H29Cl2F3N4O3Si. The zero-order chi connectivity index (χ0) is 30.2. The second-order valence-corrected chi connectivity index (χ2v) is 16.4. The van der Waals surface area contributed by atoms with Gasteiger partial charge in [0.15, 0.2) is 8.32 Å². The van der Waals surface area contributed by atoms with Gasteiger partial charge in [-0.15, -0.1) is 13.2 Å². The second kappa shape index (κ2) is 11.6. The molecule has 0 saturated carbocycles. The van der Waals surface area contributed by atoms with E-state index in [0.717, 1.165) is 5.39 Å². The van der Waals surface area contributed by atoms with Crippen LogP contribution in [0.25, 0.3) is 16.6 Å². The van der Waals surface area contributed by atoms with Gasteiger partial charge in [0.2, 0.25) is 0 Å². The minimum atomic E-state index is -4.80. The van der Waals surface area contributed by atoms with Crippen LogP contribution in [0.2, 0.25) is 28.4 Å². The Balaban J connectivity index is 1.70. The summed E-state index contributed by atoms with van der Waals surface area (Å²) >= 11 is 12.5. The van der Waals surface area contributed by atoms with Gasteiger partial charge in [0.1, 0.15) is 27.9 Å². The molecule has 0 aliphatic heterocycles. The predicted molar refractivity (Wildman–Crippen MR) is 157 cm³/mol. The number of amides is 1. The van der Waals surface area contributed by atoms with Crippen molar-refractivity contribution in [1.82, 2.24) is 14.5 Å². The fraction of sp³-hybridized carbons (Fsp3) is 0.321. The van der Waals surface area contributed by atoms with Crippen molar-refractivity contribution in [2.45, 2.75) is 45.3 Å². The van der Waals surface area contributed by atoms with E-state index in [-0.39, 0.29) is 39.8 Å². The summed E-state index contributed by atoms with van der Waals surface area (Å²) in [6.45, 7) is 11.1. The number of carbonyl (C=O) groups is 1. The van der Waals surface area contributed by atoms with Crippen molar-refractivity contribution in [2.24, 2.45) is 0 Å². The van der Waals surface area contributed by atoms with Crippen LogP contribution in [-0.4, -0.2) is 48.3 Å². The summed E-state index contributed by atoms with van der Waals surface area (Å²) in [4.78, 5) is 23.1. The van der Waals surface area contributed by atoms with Crippen LogP contribution >= 0.6 is 23.2 Å². The van der Waals surface area contributed by atoms with Gasteiger partial charge in [-0.25, -0.2) is 9.97 Å². The number of carbonyl (C=O) groups excluding carboxylic acids is 1. The zero-order valence-electron chi connectivity index (χ0n) is 23.1. The van der Waals surface area contributed by atoms with Crippen LogP contribution in [-0.2, 0) is 4.43 Å². The van der Waals surface area contributed by atoms with Crippen LogP contribution in [0.3, 0.4) is 0 Å². The van der Waals surface area contributed by atoms with E-state index in [9.17, 15) is 18.0 Å². The molecule has 0 N–H and O–H groups in total. The van der Waals surface area contributed by atoms with E-state index in [2.05, 4.69) is 48.6 Å². The van der Waals surface area contributed by atoms with Gasteiger partial charge in [0.25, 0.3) is 5.91 Å². The Bertz CT molecular complexity index is 1550. The first-order chi connectivity index (χ1) is 19.1. The fourth-order valence-electron chi connectivity index (χ4n) is 3.97. The molecule has 2 aromatic carbocycles. The first-order valence-corrected chi connectivity index (χ1v) is 16.3. The standard InChI is InChI=1S/C28H29Cl2F3N4O3Si/c1-27(2,3)41(4,5)39-14-13-37(26(38)23-24(29)34-17-35-25(23)30)20-9-10-22-18(15-20)11-12-36(22)19-7-6-8-21(16-19)40-28(31,32)33/h6-12,15-17H,13-14H2,1-5H3. The molecule has 0 radical (unpaired) electrons. The van der Waals surface area contributed by atoms with Crippen molar-refractivity contribution in [3.63, 3.8) is 0 Å². The molecule has 0 fully saturated rings. The molecule has 0 aliphatic rings. The molecule has 2 heterocycles. The van der Waals surface area contributed by atoms with E-state index in [4.69, 9.17) is 27.6 Å². The first kappa shape index (κ1) is 30.8. The first-order valence-electron chi connectivity index (χ1n) is 12.7. The third kappa shape index (κ3) is 7.03. The van der Waals surface area contributed by atoms with E-state index in [1.807, 2.05) is 0 Å². The van der Waals surface area contributed by atoms with Crippen LogP contribution in [0.1, 0.15) is 31.1 Å². The smallest absolute Gasteiger partial charge is 0.415 e. The quantitative estimate of drug-likeness (QED) is 0.146. The zero-order valence-corrected chi connectivity index (χ0v) is 25.6. The van der Waals surface area contributed by atoms with Crippen LogP contribution in [0.5, 0.6) is 5.75 Å². The van der Waals surface area contributed by atoms with Crippen molar-refractivity contribution in [2.75, 3.05) is 18.1 Å². The van der Waals surface area contributed by atoms with Crippen LogP contribution in [0, 0.1) is 0 Å². The lowest BCUT2D eigenvalue weighted by atomic mass is 10.2. The summed E-state index contributed by atoms with van der Waals surface area (Å²) in [5.41, 5.74) is 1.71. The molecule has 218 valence electrons. The molecule has 13 heteroatoms. The minimum Gasteiger partial charge on any atom is -0.415 e. The monoisotopic (exact) mass is 624 g/mol. The number of rotatable bonds is 8. The SMILES string of the molecule is CC(C)(C)[Si](C)(C)OCCN(C(=O)c1c(Cl)ncnc1Cl)c1ccc2c(ccn2-c2cccc(OC(F)(F)F)c2)c1. The van der Waals surface area contributed by atoms with Gasteiger partial charge in [-0.05, 0) is 54.5 Å². The van der Waals surface area contributed by atoms with E-state index in [0.29, 0.717) is 16.9 Å². The van der Waals surface area contributed by atoms with Crippen molar-refractivity contribution >= 4 is 54.0 Å². The van der Waals surface area contributed by atoms with Crippen molar-refractivity contribution in [3.05, 3.63) is 76.9 Å². The van der Waals surface area contributed by atoms with Crippen LogP contribution in [0.15, 0.2) is 61.1 Å². The molecule has 2 aromatic heterocycles. The van der Waals surface area contributed by atoms with E-state index >= 15 is 0 Å². The maximum atomic E-state index is 13.8. The second-order valence-electron chi connectivity index (χ2n) is 10.9. The molecule has 41 heavy (non-hydrogen) atoms. The Labute approximate surface area is 246 Å². The summed E-state index contributed by atoms with van der Waals surface area (Å²) in [5, 5.41) is 0.581. The largest absolute Gasteiger partial charge is 0.573 e. The Morgan fingerprint density at radius 3 is 2.34 bits per heavy atom. The van der Waals surface area contributed by atoms with Gasteiger partial charge in [-0.2, -0.15) is 0 Å². The minimum absolute atomic E-state index is 0.0218. The fourth-order valence-corrected chi connectivity index (χ4v) is 5.48. The molecule has 4 aromatic rings. The van der Waals surface area contributed by atoms with Crippen LogP contribution < -0.4 is 9.64 Å². The molecule has 0 saturated heterocycles. The molecule has 0 spiro atoms. The highest BCUT2D eigenvalue weighted by atomic mass is 35.5. The van der Waals surface area contributed by atoms with Crippen LogP contribution in [0.4, 0.5) is 18.9 Å². The van der Waals surface area contributed by atoms with Gasteiger partial charge in [0.05, 0.1) is 12.1 Å². The maximum absolute atomic E-state index is 13.8. The van der Waals surface area contributed by atoms with Gasteiger partial charge in [0, 0.05) is 35.6 Å². The van der Waals surface area contributed by atoms with E-state index in [1.165, 1.54) is 29.4 Å². The summed E-state index contributed by atoms with van der Waals surface area (Å²) in [6, 6.07) is 12.8. The van der Waals surface area contributed by atoms with Crippen molar-refractivity contribution in [3.8, 4) is 11.4 Å². The Hall–Kier alpha value is -3.12. The lowest BCUT2D eigenvalue weighted by molar-refractivity contribution is -0.274. The maximum Gasteiger partial charge on any atom is 0.573 e. The summed E-state index contributed by atoms with van der Waals surface area (Å²) in [7, 11) is -2.10. The number of hydrogen-bond donors (Lipinski definition) is 0. The molecule has 7 nitrogen and oxygen atoms in total.